The Morgan fingerprint density at radius 3 is 1.77 bits per heavy atom. The van der Waals surface area contributed by atoms with Gasteiger partial charge in [0, 0.05) is 4.75 Å². The minimum absolute atomic E-state index is 0.228. The van der Waals surface area contributed by atoms with Gasteiger partial charge >= 0.3 is 0 Å². The number of allylic oxidation sites excluding steroid dienone is 3. The highest BCUT2D eigenvalue weighted by Gasteiger charge is 2.22. The van der Waals surface area contributed by atoms with Crippen LogP contribution in [0.4, 0.5) is 0 Å². The second-order valence-electron chi connectivity index (χ2n) is 5.23. The molecule has 0 amide bonds. The molecule has 0 atom stereocenters. The van der Waals surface area contributed by atoms with Crippen molar-refractivity contribution in [2.45, 2.75) is 46.3 Å². The Morgan fingerprint density at radius 1 is 1.08 bits per heavy atom. The first-order valence-electron chi connectivity index (χ1n) is 4.69. The number of thioether (sulfide) groups is 1. The molecule has 0 spiro atoms. The molecule has 0 bridgehead atoms. The van der Waals surface area contributed by atoms with E-state index in [0.29, 0.717) is 0 Å². The quantitative estimate of drug-likeness (QED) is 0.583. The zero-order valence-corrected chi connectivity index (χ0v) is 10.6. The van der Waals surface area contributed by atoms with Crippen LogP contribution in [-0.4, -0.2) is 4.75 Å². The van der Waals surface area contributed by atoms with E-state index in [2.05, 4.69) is 54.2 Å². The average Bonchev–Trinajstić information content (AvgIpc) is 1.81. The third-order valence-electron chi connectivity index (χ3n) is 1.42. The molecule has 13 heavy (non-hydrogen) atoms. The molecule has 0 heterocycles. The molecule has 76 valence electrons. The van der Waals surface area contributed by atoms with Crippen LogP contribution in [0.1, 0.15) is 41.5 Å². The van der Waals surface area contributed by atoms with Crippen LogP contribution >= 0.6 is 11.8 Å². The smallest absolute Gasteiger partial charge is 0.0119 e. The van der Waals surface area contributed by atoms with Gasteiger partial charge in [-0.1, -0.05) is 60.3 Å². The summed E-state index contributed by atoms with van der Waals surface area (Å²) >= 11 is 1.92. The Morgan fingerprint density at radius 2 is 1.54 bits per heavy atom. The van der Waals surface area contributed by atoms with Crippen LogP contribution in [0, 0.1) is 5.41 Å². The van der Waals surface area contributed by atoms with E-state index in [0.717, 1.165) is 0 Å². The van der Waals surface area contributed by atoms with E-state index in [-0.39, 0.29) is 10.2 Å². The zero-order chi connectivity index (χ0) is 10.7. The Labute approximate surface area is 87.5 Å². The SMILES string of the molecule is C=C/C=C(\SC(C)(C)C)C(C)(C)C. The van der Waals surface area contributed by atoms with Gasteiger partial charge in [0.1, 0.15) is 0 Å². The lowest BCUT2D eigenvalue weighted by molar-refractivity contribution is 0.531. The maximum Gasteiger partial charge on any atom is 0.0119 e. The Balaban J connectivity index is 4.67. The second kappa shape index (κ2) is 4.36. The molecule has 0 aromatic rings. The molecule has 0 aliphatic heterocycles. The van der Waals surface area contributed by atoms with Crippen LogP contribution in [0.15, 0.2) is 23.6 Å². The number of rotatable bonds is 2. The molecule has 0 aromatic heterocycles. The lowest BCUT2D eigenvalue weighted by Crippen LogP contribution is -2.14. The summed E-state index contributed by atoms with van der Waals surface area (Å²) in [6, 6.07) is 0. The van der Waals surface area contributed by atoms with Gasteiger partial charge in [-0.15, -0.1) is 11.8 Å². The zero-order valence-electron chi connectivity index (χ0n) is 9.77. The van der Waals surface area contributed by atoms with Crippen LogP contribution in [0.25, 0.3) is 0 Å². The van der Waals surface area contributed by atoms with Crippen molar-refractivity contribution in [1.29, 1.82) is 0 Å². The average molecular weight is 198 g/mol. The van der Waals surface area contributed by atoms with Gasteiger partial charge in [-0.3, -0.25) is 0 Å². The van der Waals surface area contributed by atoms with Crippen LogP contribution in [-0.2, 0) is 0 Å². The first-order chi connectivity index (χ1) is 5.67. The van der Waals surface area contributed by atoms with Crippen LogP contribution < -0.4 is 0 Å². The standard InChI is InChI=1S/C12H22S/c1-8-9-10(11(2,3)4)13-12(5,6)7/h8-9H,1H2,2-7H3/b10-9-. The lowest BCUT2D eigenvalue weighted by atomic mass is 9.96. The molecule has 0 aliphatic carbocycles. The molecule has 0 fully saturated rings. The molecule has 0 nitrogen and oxygen atoms in total. The van der Waals surface area contributed by atoms with Crippen molar-refractivity contribution in [2.75, 3.05) is 0 Å². The van der Waals surface area contributed by atoms with Crippen molar-refractivity contribution in [2.24, 2.45) is 5.41 Å². The third-order valence-corrected chi connectivity index (χ3v) is 3.01. The molecule has 1 heteroatoms. The van der Waals surface area contributed by atoms with Gasteiger partial charge in [0.25, 0.3) is 0 Å². The summed E-state index contributed by atoms with van der Waals surface area (Å²) in [5, 5.41) is 0. The topological polar surface area (TPSA) is 0 Å². The summed E-state index contributed by atoms with van der Waals surface area (Å²) in [6.07, 6.45) is 4.00. The fourth-order valence-corrected chi connectivity index (χ4v) is 2.00. The molecule has 0 rings (SSSR count). The molecule has 0 N–H and O–H groups in total. The van der Waals surface area contributed by atoms with Gasteiger partial charge in [0.05, 0.1) is 0 Å². The second-order valence-corrected chi connectivity index (χ2v) is 7.10. The Hall–Kier alpha value is -0.170. The highest BCUT2D eigenvalue weighted by Crippen LogP contribution is 2.41. The molecule has 0 aliphatic rings. The van der Waals surface area contributed by atoms with Crippen LogP contribution in [0.3, 0.4) is 0 Å². The van der Waals surface area contributed by atoms with Gasteiger partial charge in [0.2, 0.25) is 0 Å². The van der Waals surface area contributed by atoms with Crippen molar-refractivity contribution in [3.05, 3.63) is 23.6 Å². The van der Waals surface area contributed by atoms with Crippen molar-refractivity contribution in [3.8, 4) is 0 Å². The Kier molecular flexibility index (Phi) is 4.31. The summed E-state index contributed by atoms with van der Waals surface area (Å²) in [5.74, 6) is 0. The summed E-state index contributed by atoms with van der Waals surface area (Å²) in [6.45, 7) is 17.2. The Bertz CT molecular complexity index is 198. The fourth-order valence-electron chi connectivity index (χ4n) is 0.874. The minimum atomic E-state index is 0.228. The van der Waals surface area contributed by atoms with E-state index in [1.165, 1.54) is 4.91 Å². The minimum Gasteiger partial charge on any atom is -0.124 e. The monoisotopic (exact) mass is 198 g/mol. The third kappa shape index (κ3) is 5.98. The van der Waals surface area contributed by atoms with Crippen molar-refractivity contribution in [1.82, 2.24) is 0 Å². The maximum absolute atomic E-state index is 3.75. The van der Waals surface area contributed by atoms with E-state index in [1.807, 2.05) is 17.8 Å². The largest absolute Gasteiger partial charge is 0.124 e. The van der Waals surface area contributed by atoms with Crippen molar-refractivity contribution >= 4 is 11.8 Å². The first-order valence-corrected chi connectivity index (χ1v) is 5.51. The van der Waals surface area contributed by atoms with Gasteiger partial charge in [-0.25, -0.2) is 0 Å². The number of hydrogen-bond acceptors (Lipinski definition) is 1. The molecule has 0 radical (unpaired) electrons. The number of hydrogen-bond donors (Lipinski definition) is 0. The fraction of sp³-hybridized carbons (Fsp3) is 0.667. The molecule has 0 saturated heterocycles. The predicted molar refractivity (Wildman–Crippen MR) is 65.1 cm³/mol. The van der Waals surface area contributed by atoms with E-state index >= 15 is 0 Å². The highest BCUT2D eigenvalue weighted by atomic mass is 32.2. The van der Waals surface area contributed by atoms with Crippen molar-refractivity contribution < 1.29 is 0 Å². The molecule has 0 aromatic carbocycles. The summed E-state index contributed by atoms with van der Waals surface area (Å²) < 4.78 is 0.280. The lowest BCUT2D eigenvalue weighted by Gasteiger charge is -2.28. The molecular formula is C12H22S. The maximum atomic E-state index is 3.75. The normalized spacial score (nSPS) is 14.5. The summed E-state index contributed by atoms with van der Waals surface area (Å²) in [7, 11) is 0. The predicted octanol–water partition coefficient (Wildman–Crippen LogP) is 4.63. The van der Waals surface area contributed by atoms with Gasteiger partial charge < -0.3 is 0 Å². The van der Waals surface area contributed by atoms with Crippen LogP contribution in [0.5, 0.6) is 0 Å². The summed E-state index contributed by atoms with van der Waals surface area (Å²) in [5.41, 5.74) is 0.228. The summed E-state index contributed by atoms with van der Waals surface area (Å²) in [4.78, 5) is 1.40. The van der Waals surface area contributed by atoms with Crippen LogP contribution in [0.2, 0.25) is 0 Å². The molecule has 0 saturated carbocycles. The molecular weight excluding hydrogens is 176 g/mol. The van der Waals surface area contributed by atoms with Gasteiger partial charge in [-0.05, 0) is 10.3 Å². The van der Waals surface area contributed by atoms with E-state index in [4.69, 9.17) is 0 Å². The highest BCUT2D eigenvalue weighted by molar-refractivity contribution is 8.04. The first kappa shape index (κ1) is 12.8. The molecule has 0 unspecified atom stereocenters. The van der Waals surface area contributed by atoms with Crippen molar-refractivity contribution in [3.63, 3.8) is 0 Å². The van der Waals surface area contributed by atoms with E-state index in [1.54, 1.807) is 0 Å². The van der Waals surface area contributed by atoms with Gasteiger partial charge in [-0.2, -0.15) is 0 Å². The van der Waals surface area contributed by atoms with E-state index in [9.17, 15) is 0 Å². The van der Waals surface area contributed by atoms with Gasteiger partial charge in [0.15, 0.2) is 0 Å². The van der Waals surface area contributed by atoms with E-state index < -0.39 is 0 Å².